The first-order valence-electron chi connectivity index (χ1n) is 9.52. The molecule has 4 heteroatoms. The van der Waals surface area contributed by atoms with Crippen molar-refractivity contribution in [3.63, 3.8) is 0 Å². The number of rotatable bonds is 4. The third-order valence-electron chi connectivity index (χ3n) is 5.83. The molecule has 0 aliphatic carbocycles. The molecule has 1 aromatic heterocycles. The molecule has 0 spiro atoms. The van der Waals surface area contributed by atoms with Crippen LogP contribution in [0.1, 0.15) is 32.0 Å². The molecule has 3 aromatic rings. The molecule has 0 fully saturated rings. The van der Waals surface area contributed by atoms with Crippen molar-refractivity contribution >= 4 is 19.2 Å². The third kappa shape index (κ3) is 3.77. The summed E-state index contributed by atoms with van der Waals surface area (Å²) in [5.74, 6) is 2.67. The normalized spacial score (nSPS) is 12.4. The van der Waals surface area contributed by atoms with Gasteiger partial charge < -0.3 is 13.7 Å². The van der Waals surface area contributed by atoms with E-state index >= 15 is 0 Å². The fraction of sp³-hybridized carbons (Fsp3) is 0.391. The van der Waals surface area contributed by atoms with E-state index < -0.39 is 8.32 Å². The molecule has 0 saturated carbocycles. The quantitative estimate of drug-likeness (QED) is 0.455. The summed E-state index contributed by atoms with van der Waals surface area (Å²) in [5.41, 5.74) is 3.54. The largest absolute Gasteiger partial charge is 0.542 e. The van der Waals surface area contributed by atoms with Crippen molar-refractivity contribution in [1.29, 1.82) is 0 Å². The van der Waals surface area contributed by atoms with E-state index in [4.69, 9.17) is 9.16 Å². The van der Waals surface area contributed by atoms with E-state index in [-0.39, 0.29) is 5.04 Å². The van der Waals surface area contributed by atoms with Crippen LogP contribution in [0.5, 0.6) is 17.2 Å². The number of ether oxygens (including phenoxy) is 1. The first-order chi connectivity index (χ1) is 12.5. The van der Waals surface area contributed by atoms with E-state index in [1.807, 2.05) is 18.2 Å². The van der Waals surface area contributed by atoms with E-state index in [0.717, 1.165) is 33.8 Å². The summed E-state index contributed by atoms with van der Waals surface area (Å²) in [4.78, 5) is 0. The van der Waals surface area contributed by atoms with Crippen LogP contribution in [0.15, 0.2) is 42.5 Å². The average Bonchev–Trinajstić information content (AvgIpc) is 2.80. The van der Waals surface area contributed by atoms with Gasteiger partial charge in [-0.25, -0.2) is 0 Å². The van der Waals surface area contributed by atoms with Crippen molar-refractivity contribution < 1.29 is 9.16 Å². The molecule has 0 aliphatic rings. The highest BCUT2D eigenvalue weighted by molar-refractivity contribution is 6.74. The van der Waals surface area contributed by atoms with Crippen molar-refractivity contribution in [2.75, 3.05) is 0 Å². The number of hydrogen-bond acceptors (Lipinski definition) is 2. The Kier molecular flexibility index (Phi) is 4.89. The van der Waals surface area contributed by atoms with Gasteiger partial charge in [-0.05, 0) is 62.3 Å². The zero-order valence-electron chi connectivity index (χ0n) is 17.8. The predicted octanol–water partition coefficient (Wildman–Crippen LogP) is 6.97. The topological polar surface area (TPSA) is 23.4 Å². The molecular weight excluding hydrogens is 350 g/mol. The van der Waals surface area contributed by atoms with Gasteiger partial charge in [0.1, 0.15) is 17.2 Å². The Bertz CT molecular complexity index is 963. The van der Waals surface area contributed by atoms with Gasteiger partial charge in [0.2, 0.25) is 0 Å². The molecule has 0 bridgehead atoms. The Labute approximate surface area is 164 Å². The Morgan fingerprint density at radius 3 is 2.07 bits per heavy atom. The number of aromatic nitrogens is 1. The smallest absolute Gasteiger partial charge is 0.250 e. The third-order valence-corrected chi connectivity index (χ3v) is 10.2. The SMILES string of the molecule is Cc1ccc(Oc2ccc3c(c2)c(O[Si](C)(C)C(C)(C)C)c(C)n3C)cc1. The van der Waals surface area contributed by atoms with E-state index in [0.29, 0.717) is 0 Å². The number of benzene rings is 2. The maximum atomic E-state index is 6.71. The maximum Gasteiger partial charge on any atom is 0.250 e. The minimum Gasteiger partial charge on any atom is -0.542 e. The molecule has 0 amide bonds. The Morgan fingerprint density at radius 2 is 1.48 bits per heavy atom. The Morgan fingerprint density at radius 1 is 0.889 bits per heavy atom. The number of aryl methyl sites for hydroxylation is 2. The van der Waals surface area contributed by atoms with Crippen LogP contribution >= 0.6 is 0 Å². The molecule has 0 saturated heterocycles. The molecule has 2 aromatic carbocycles. The van der Waals surface area contributed by atoms with E-state index in [1.54, 1.807) is 0 Å². The second kappa shape index (κ2) is 6.75. The highest BCUT2D eigenvalue weighted by Crippen LogP contribution is 2.42. The zero-order chi connectivity index (χ0) is 20.0. The standard InChI is InChI=1S/C23H31NO2Si/c1-16-9-11-18(12-10-16)25-19-13-14-21-20(15-19)22(17(2)24(21)6)26-27(7,8)23(3,4)5/h9-15H,1-8H3. The van der Waals surface area contributed by atoms with Gasteiger partial charge in [-0.15, -0.1) is 0 Å². The molecule has 27 heavy (non-hydrogen) atoms. The van der Waals surface area contributed by atoms with E-state index in [9.17, 15) is 0 Å². The Balaban J connectivity index is 2.03. The zero-order valence-corrected chi connectivity index (χ0v) is 18.8. The molecule has 0 atom stereocenters. The van der Waals surface area contributed by atoms with Gasteiger partial charge in [-0.3, -0.25) is 0 Å². The van der Waals surface area contributed by atoms with Crippen molar-refractivity contribution in [1.82, 2.24) is 4.57 Å². The van der Waals surface area contributed by atoms with Crippen molar-refractivity contribution in [2.45, 2.75) is 52.8 Å². The lowest BCUT2D eigenvalue weighted by molar-refractivity contribution is 0.481. The summed E-state index contributed by atoms with van der Waals surface area (Å²) in [6.45, 7) is 15.6. The van der Waals surface area contributed by atoms with Gasteiger partial charge in [0, 0.05) is 12.4 Å². The van der Waals surface area contributed by atoms with Crippen LogP contribution < -0.4 is 9.16 Å². The molecule has 0 N–H and O–H groups in total. The van der Waals surface area contributed by atoms with Gasteiger partial charge in [0.05, 0.1) is 11.2 Å². The molecule has 3 nitrogen and oxygen atoms in total. The van der Waals surface area contributed by atoms with Crippen molar-refractivity contribution in [3.05, 3.63) is 53.7 Å². The molecular formula is C23H31NO2Si. The highest BCUT2D eigenvalue weighted by Gasteiger charge is 2.40. The van der Waals surface area contributed by atoms with E-state index in [2.05, 4.69) is 83.6 Å². The van der Waals surface area contributed by atoms with Gasteiger partial charge >= 0.3 is 0 Å². The number of fused-ring (bicyclic) bond motifs is 1. The fourth-order valence-corrected chi connectivity index (χ4v) is 3.93. The van der Waals surface area contributed by atoms with Crippen LogP contribution in [0.25, 0.3) is 10.9 Å². The van der Waals surface area contributed by atoms with Crippen LogP contribution in [0, 0.1) is 13.8 Å². The maximum absolute atomic E-state index is 6.71. The summed E-state index contributed by atoms with van der Waals surface area (Å²) in [6, 6.07) is 14.4. The number of nitrogens with zero attached hydrogens (tertiary/aromatic N) is 1. The summed E-state index contributed by atoms with van der Waals surface area (Å²) in [5, 5.41) is 1.27. The lowest BCUT2D eigenvalue weighted by Gasteiger charge is -2.36. The van der Waals surface area contributed by atoms with E-state index in [1.165, 1.54) is 5.56 Å². The average molecular weight is 382 g/mol. The van der Waals surface area contributed by atoms with Crippen LogP contribution in [-0.4, -0.2) is 12.9 Å². The highest BCUT2D eigenvalue weighted by atomic mass is 28.4. The summed E-state index contributed by atoms with van der Waals surface area (Å²) < 4.78 is 15.0. The molecule has 0 unspecified atom stereocenters. The summed E-state index contributed by atoms with van der Waals surface area (Å²) >= 11 is 0. The molecule has 3 rings (SSSR count). The summed E-state index contributed by atoms with van der Waals surface area (Å²) in [7, 11) is 0.161. The van der Waals surface area contributed by atoms with Crippen molar-refractivity contribution in [2.24, 2.45) is 7.05 Å². The molecule has 1 heterocycles. The predicted molar refractivity (Wildman–Crippen MR) is 117 cm³/mol. The second-order valence-corrected chi connectivity index (χ2v) is 13.7. The fourth-order valence-electron chi connectivity index (χ4n) is 2.86. The molecule has 144 valence electrons. The van der Waals surface area contributed by atoms with Gasteiger partial charge in [-0.2, -0.15) is 0 Å². The second-order valence-electron chi connectivity index (χ2n) is 8.93. The van der Waals surface area contributed by atoms with Crippen LogP contribution in [0.3, 0.4) is 0 Å². The van der Waals surface area contributed by atoms with Gasteiger partial charge in [-0.1, -0.05) is 38.5 Å². The first-order valence-corrected chi connectivity index (χ1v) is 12.4. The minimum absolute atomic E-state index is 0.150. The summed E-state index contributed by atoms with van der Waals surface area (Å²) in [6.07, 6.45) is 0. The monoisotopic (exact) mass is 381 g/mol. The number of hydrogen-bond donors (Lipinski definition) is 0. The Hall–Kier alpha value is -2.20. The van der Waals surface area contributed by atoms with Crippen molar-refractivity contribution in [3.8, 4) is 17.2 Å². The molecule has 0 radical (unpaired) electrons. The van der Waals surface area contributed by atoms with Gasteiger partial charge in [0.25, 0.3) is 8.32 Å². The van der Waals surface area contributed by atoms with Gasteiger partial charge in [0.15, 0.2) is 0 Å². The molecule has 0 aliphatic heterocycles. The van der Waals surface area contributed by atoms with Crippen LogP contribution in [-0.2, 0) is 7.05 Å². The lowest BCUT2D eigenvalue weighted by Crippen LogP contribution is -2.44. The van der Waals surface area contributed by atoms with Crippen LogP contribution in [0.4, 0.5) is 0 Å². The minimum atomic E-state index is -1.93. The van der Waals surface area contributed by atoms with Crippen LogP contribution in [0.2, 0.25) is 18.1 Å². The first kappa shape index (κ1) is 19.6. The lowest BCUT2D eigenvalue weighted by atomic mass is 10.2.